The second kappa shape index (κ2) is 8.77. The van der Waals surface area contributed by atoms with E-state index in [1.807, 2.05) is 13.8 Å². The quantitative estimate of drug-likeness (QED) is 0.762. The molecule has 0 unspecified atom stereocenters. The summed E-state index contributed by atoms with van der Waals surface area (Å²) in [5.41, 5.74) is 1.25. The summed E-state index contributed by atoms with van der Waals surface area (Å²) >= 11 is 0. The fraction of sp³-hybridized carbons (Fsp3) is 0.333. The number of anilines is 1. The van der Waals surface area contributed by atoms with Gasteiger partial charge in [-0.15, -0.1) is 0 Å². The SMILES string of the molecule is CC(C)Oc1ccccc1NC(=O)CN(Cc1ccncc1)S(C)(=O)=O. The first kappa shape index (κ1) is 19.9. The summed E-state index contributed by atoms with van der Waals surface area (Å²) in [7, 11) is -3.56. The number of aromatic nitrogens is 1. The molecule has 8 heteroatoms. The average molecular weight is 377 g/mol. The maximum atomic E-state index is 12.4. The minimum absolute atomic E-state index is 0.0488. The van der Waals surface area contributed by atoms with Crippen LogP contribution < -0.4 is 10.1 Å². The maximum Gasteiger partial charge on any atom is 0.239 e. The second-order valence-corrected chi connectivity index (χ2v) is 8.08. The van der Waals surface area contributed by atoms with Crippen molar-refractivity contribution in [2.24, 2.45) is 0 Å². The molecule has 140 valence electrons. The first-order valence-electron chi connectivity index (χ1n) is 8.15. The Balaban J connectivity index is 2.11. The molecule has 1 heterocycles. The van der Waals surface area contributed by atoms with Crippen LogP contribution in [0.1, 0.15) is 19.4 Å². The van der Waals surface area contributed by atoms with Gasteiger partial charge in [0.15, 0.2) is 0 Å². The first-order valence-corrected chi connectivity index (χ1v) is 10.00. The van der Waals surface area contributed by atoms with Crippen molar-refractivity contribution in [3.63, 3.8) is 0 Å². The Kier molecular flexibility index (Phi) is 6.70. The number of hydrogen-bond acceptors (Lipinski definition) is 5. The number of hydrogen-bond donors (Lipinski definition) is 1. The summed E-state index contributed by atoms with van der Waals surface area (Å²) in [5, 5.41) is 2.72. The minimum Gasteiger partial charge on any atom is -0.489 e. The Labute approximate surface area is 154 Å². The maximum absolute atomic E-state index is 12.4. The van der Waals surface area contributed by atoms with Crippen molar-refractivity contribution in [2.75, 3.05) is 18.1 Å². The highest BCUT2D eigenvalue weighted by atomic mass is 32.2. The fourth-order valence-electron chi connectivity index (χ4n) is 2.26. The van der Waals surface area contributed by atoms with E-state index in [0.29, 0.717) is 11.4 Å². The van der Waals surface area contributed by atoms with Gasteiger partial charge in [-0.3, -0.25) is 9.78 Å². The van der Waals surface area contributed by atoms with Crippen LogP contribution in [0.4, 0.5) is 5.69 Å². The predicted molar refractivity (Wildman–Crippen MR) is 100 cm³/mol. The fourth-order valence-corrected chi connectivity index (χ4v) is 2.99. The third-order valence-electron chi connectivity index (χ3n) is 3.42. The molecular weight excluding hydrogens is 354 g/mol. The van der Waals surface area contributed by atoms with Gasteiger partial charge in [0.05, 0.1) is 24.6 Å². The topological polar surface area (TPSA) is 88.6 Å². The molecule has 2 rings (SSSR count). The number of ether oxygens (including phenoxy) is 1. The first-order chi connectivity index (χ1) is 12.3. The second-order valence-electron chi connectivity index (χ2n) is 6.10. The van der Waals surface area contributed by atoms with E-state index in [2.05, 4.69) is 10.3 Å². The van der Waals surface area contributed by atoms with E-state index in [4.69, 9.17) is 4.74 Å². The molecule has 1 N–H and O–H groups in total. The molecule has 0 spiro atoms. The summed E-state index contributed by atoms with van der Waals surface area (Å²) in [6.07, 6.45) is 4.19. The van der Waals surface area contributed by atoms with E-state index in [0.717, 1.165) is 16.1 Å². The molecule has 0 bridgehead atoms. The largest absolute Gasteiger partial charge is 0.489 e. The van der Waals surface area contributed by atoms with E-state index in [-0.39, 0.29) is 19.2 Å². The molecular formula is C18H23N3O4S. The number of amides is 1. The van der Waals surface area contributed by atoms with E-state index in [1.165, 1.54) is 0 Å². The Morgan fingerprint density at radius 3 is 2.46 bits per heavy atom. The molecule has 0 radical (unpaired) electrons. The molecule has 1 aromatic carbocycles. The molecule has 0 saturated heterocycles. The molecule has 2 aromatic rings. The van der Waals surface area contributed by atoms with Crippen molar-refractivity contribution >= 4 is 21.6 Å². The summed E-state index contributed by atoms with van der Waals surface area (Å²) in [6.45, 7) is 3.58. The number of rotatable bonds is 8. The highest BCUT2D eigenvalue weighted by Crippen LogP contribution is 2.24. The average Bonchev–Trinajstić information content (AvgIpc) is 2.56. The molecule has 7 nitrogen and oxygen atoms in total. The number of benzene rings is 1. The van der Waals surface area contributed by atoms with Gasteiger partial charge in [0.25, 0.3) is 0 Å². The van der Waals surface area contributed by atoms with Gasteiger partial charge in [-0.1, -0.05) is 12.1 Å². The standard InChI is InChI=1S/C18H23N3O4S/c1-14(2)25-17-7-5-4-6-16(17)20-18(22)13-21(26(3,23)24)12-15-8-10-19-11-9-15/h4-11,14H,12-13H2,1-3H3,(H,20,22). The summed E-state index contributed by atoms with van der Waals surface area (Å²) in [4.78, 5) is 16.3. The molecule has 0 aliphatic heterocycles. The van der Waals surface area contributed by atoms with Crippen LogP contribution in [0.3, 0.4) is 0 Å². The van der Waals surface area contributed by atoms with Crippen LogP contribution >= 0.6 is 0 Å². The lowest BCUT2D eigenvalue weighted by Gasteiger charge is -2.20. The number of nitrogens with zero attached hydrogens (tertiary/aromatic N) is 2. The Bertz CT molecular complexity index is 839. The third kappa shape index (κ3) is 6.12. The van der Waals surface area contributed by atoms with Gasteiger partial charge in [-0.05, 0) is 43.7 Å². The molecule has 1 amide bonds. The zero-order chi connectivity index (χ0) is 19.2. The van der Waals surface area contributed by atoms with E-state index in [1.54, 1.807) is 48.8 Å². The molecule has 0 aliphatic carbocycles. The van der Waals surface area contributed by atoms with E-state index < -0.39 is 15.9 Å². The van der Waals surface area contributed by atoms with Crippen LogP contribution in [0, 0.1) is 0 Å². The molecule has 0 saturated carbocycles. The van der Waals surface area contributed by atoms with Crippen molar-refractivity contribution in [3.05, 3.63) is 54.4 Å². The Morgan fingerprint density at radius 1 is 1.19 bits per heavy atom. The molecule has 1 aromatic heterocycles. The van der Waals surface area contributed by atoms with Gasteiger partial charge < -0.3 is 10.1 Å². The van der Waals surface area contributed by atoms with Gasteiger partial charge in [0.2, 0.25) is 15.9 Å². The zero-order valence-electron chi connectivity index (χ0n) is 15.0. The summed E-state index contributed by atoms with van der Waals surface area (Å²) in [5.74, 6) is 0.0974. The van der Waals surface area contributed by atoms with Crippen molar-refractivity contribution in [1.29, 1.82) is 0 Å². The number of carbonyl (C=O) groups excluding carboxylic acids is 1. The smallest absolute Gasteiger partial charge is 0.239 e. The number of nitrogens with one attached hydrogen (secondary N) is 1. The third-order valence-corrected chi connectivity index (χ3v) is 4.62. The number of para-hydroxylation sites is 2. The molecule has 0 fully saturated rings. The van der Waals surface area contributed by atoms with Crippen molar-refractivity contribution < 1.29 is 17.9 Å². The van der Waals surface area contributed by atoms with Crippen LogP contribution in [0.2, 0.25) is 0 Å². The zero-order valence-corrected chi connectivity index (χ0v) is 15.9. The Morgan fingerprint density at radius 2 is 1.85 bits per heavy atom. The van der Waals surface area contributed by atoms with Crippen molar-refractivity contribution in [3.8, 4) is 5.75 Å². The van der Waals surface area contributed by atoms with Crippen LogP contribution in [0.25, 0.3) is 0 Å². The van der Waals surface area contributed by atoms with Gasteiger partial charge in [-0.2, -0.15) is 4.31 Å². The lowest BCUT2D eigenvalue weighted by molar-refractivity contribution is -0.116. The van der Waals surface area contributed by atoms with E-state index >= 15 is 0 Å². The number of carbonyl (C=O) groups is 1. The van der Waals surface area contributed by atoms with Crippen LogP contribution in [0.5, 0.6) is 5.75 Å². The highest BCUT2D eigenvalue weighted by molar-refractivity contribution is 7.88. The normalized spacial score (nSPS) is 11.6. The molecule has 26 heavy (non-hydrogen) atoms. The van der Waals surface area contributed by atoms with Gasteiger partial charge in [0.1, 0.15) is 5.75 Å². The predicted octanol–water partition coefficient (Wildman–Crippen LogP) is 2.27. The lowest BCUT2D eigenvalue weighted by Crippen LogP contribution is -2.37. The van der Waals surface area contributed by atoms with Gasteiger partial charge >= 0.3 is 0 Å². The number of pyridine rings is 1. The van der Waals surface area contributed by atoms with E-state index in [9.17, 15) is 13.2 Å². The summed E-state index contributed by atoms with van der Waals surface area (Å²) < 4.78 is 30.9. The van der Waals surface area contributed by atoms with Crippen LogP contribution in [-0.4, -0.2) is 42.5 Å². The van der Waals surface area contributed by atoms with Crippen LogP contribution in [0.15, 0.2) is 48.8 Å². The van der Waals surface area contributed by atoms with Crippen LogP contribution in [-0.2, 0) is 21.4 Å². The Hall–Kier alpha value is -2.45. The molecule has 0 aliphatic rings. The van der Waals surface area contributed by atoms with Crippen molar-refractivity contribution in [2.45, 2.75) is 26.5 Å². The minimum atomic E-state index is -3.56. The lowest BCUT2D eigenvalue weighted by atomic mass is 10.2. The highest BCUT2D eigenvalue weighted by Gasteiger charge is 2.21. The van der Waals surface area contributed by atoms with Crippen molar-refractivity contribution in [1.82, 2.24) is 9.29 Å². The van der Waals surface area contributed by atoms with Gasteiger partial charge in [-0.25, -0.2) is 8.42 Å². The summed E-state index contributed by atoms with van der Waals surface area (Å²) in [6, 6.07) is 10.5. The monoisotopic (exact) mass is 377 g/mol. The van der Waals surface area contributed by atoms with Gasteiger partial charge in [0, 0.05) is 18.9 Å². The molecule has 0 atom stereocenters. The number of sulfonamides is 1.